The first-order chi connectivity index (χ1) is 12.5. The van der Waals surface area contributed by atoms with Crippen molar-refractivity contribution >= 4 is 29.4 Å². The summed E-state index contributed by atoms with van der Waals surface area (Å²) in [7, 11) is 0. The summed E-state index contributed by atoms with van der Waals surface area (Å²) in [5.41, 5.74) is 4.90. The lowest BCUT2D eigenvalue weighted by atomic mass is 9.96. The van der Waals surface area contributed by atoms with Crippen molar-refractivity contribution in [2.75, 3.05) is 6.61 Å². The summed E-state index contributed by atoms with van der Waals surface area (Å²) in [4.78, 5) is 36.1. The Balaban J connectivity index is 1.48. The summed E-state index contributed by atoms with van der Waals surface area (Å²) in [5.74, 6) is -1.63. The molecule has 134 valence electrons. The zero-order valence-corrected chi connectivity index (χ0v) is 14.6. The molecule has 0 bridgehead atoms. The van der Waals surface area contributed by atoms with E-state index < -0.39 is 29.8 Å². The number of esters is 1. The van der Waals surface area contributed by atoms with Crippen LogP contribution >= 0.6 is 11.6 Å². The number of carbonyl (C=O) groups excluding carboxylic acids is 3. The van der Waals surface area contributed by atoms with Crippen molar-refractivity contribution in [3.05, 3.63) is 70.7 Å². The van der Waals surface area contributed by atoms with Crippen molar-refractivity contribution in [3.63, 3.8) is 0 Å². The largest absolute Gasteiger partial charge is 0.455 e. The number of amides is 2. The molecule has 0 saturated heterocycles. The van der Waals surface area contributed by atoms with Crippen LogP contribution in [0.15, 0.2) is 54.6 Å². The summed E-state index contributed by atoms with van der Waals surface area (Å²) >= 11 is 5.91. The van der Waals surface area contributed by atoms with E-state index in [9.17, 15) is 14.4 Å². The number of benzene rings is 2. The van der Waals surface area contributed by atoms with Crippen molar-refractivity contribution in [1.82, 2.24) is 10.9 Å². The molecule has 0 heterocycles. The number of ether oxygens (including phenoxy) is 1. The van der Waals surface area contributed by atoms with Gasteiger partial charge in [-0.1, -0.05) is 54.1 Å². The van der Waals surface area contributed by atoms with Crippen LogP contribution in [0.3, 0.4) is 0 Å². The predicted molar refractivity (Wildman–Crippen MR) is 95.4 cm³/mol. The number of halogens is 1. The molecule has 26 heavy (non-hydrogen) atoms. The van der Waals surface area contributed by atoms with Gasteiger partial charge in [0, 0.05) is 0 Å². The van der Waals surface area contributed by atoms with Crippen LogP contribution < -0.4 is 10.9 Å². The average Bonchev–Trinajstić information content (AvgIpc) is 3.47. The third-order valence-electron chi connectivity index (χ3n) is 4.24. The Hall–Kier alpha value is -2.86. The molecule has 0 aromatic heterocycles. The van der Waals surface area contributed by atoms with Gasteiger partial charge in [0.2, 0.25) is 0 Å². The fourth-order valence-corrected chi connectivity index (χ4v) is 2.86. The van der Waals surface area contributed by atoms with Gasteiger partial charge in [-0.25, -0.2) is 0 Å². The van der Waals surface area contributed by atoms with Gasteiger partial charge in [0.15, 0.2) is 6.61 Å². The molecule has 1 aliphatic rings. The highest BCUT2D eigenvalue weighted by Gasteiger charge is 2.52. The Morgan fingerprint density at radius 3 is 2.27 bits per heavy atom. The van der Waals surface area contributed by atoms with Gasteiger partial charge >= 0.3 is 5.97 Å². The highest BCUT2D eigenvalue weighted by molar-refractivity contribution is 6.33. The van der Waals surface area contributed by atoms with Crippen molar-refractivity contribution in [1.29, 1.82) is 0 Å². The number of hydrazine groups is 1. The molecular formula is C19H17ClN2O4. The number of rotatable bonds is 5. The van der Waals surface area contributed by atoms with Gasteiger partial charge in [0.25, 0.3) is 11.8 Å². The average molecular weight is 373 g/mol. The van der Waals surface area contributed by atoms with E-state index in [0.717, 1.165) is 5.56 Å². The highest BCUT2D eigenvalue weighted by Crippen LogP contribution is 2.49. The molecule has 0 atom stereocenters. The van der Waals surface area contributed by atoms with Gasteiger partial charge in [-0.15, -0.1) is 0 Å². The van der Waals surface area contributed by atoms with Gasteiger partial charge in [-0.05, 0) is 30.5 Å². The smallest absolute Gasteiger partial charge is 0.317 e. The molecular weight excluding hydrogens is 356 g/mol. The maximum absolute atomic E-state index is 12.3. The Morgan fingerprint density at radius 1 is 0.962 bits per heavy atom. The molecule has 3 rings (SSSR count). The normalized spacial score (nSPS) is 14.2. The molecule has 6 nitrogen and oxygen atoms in total. The van der Waals surface area contributed by atoms with Crippen molar-refractivity contribution < 1.29 is 19.1 Å². The molecule has 0 spiro atoms. The Bertz CT molecular complexity index is 834. The van der Waals surface area contributed by atoms with Crippen LogP contribution in [0.25, 0.3) is 0 Å². The zero-order valence-electron chi connectivity index (χ0n) is 13.8. The van der Waals surface area contributed by atoms with E-state index in [0.29, 0.717) is 12.8 Å². The minimum absolute atomic E-state index is 0.229. The van der Waals surface area contributed by atoms with Crippen LogP contribution in [0, 0.1) is 0 Å². The van der Waals surface area contributed by atoms with E-state index in [1.165, 1.54) is 6.07 Å². The van der Waals surface area contributed by atoms with Gasteiger partial charge in [-0.2, -0.15) is 0 Å². The van der Waals surface area contributed by atoms with Crippen LogP contribution in [0.4, 0.5) is 0 Å². The van der Waals surface area contributed by atoms with Crippen LogP contribution in [0.2, 0.25) is 5.02 Å². The molecule has 0 radical (unpaired) electrons. The zero-order chi connectivity index (χ0) is 18.6. The molecule has 1 aliphatic carbocycles. The minimum Gasteiger partial charge on any atom is -0.455 e. The molecule has 2 amide bonds. The second kappa shape index (κ2) is 7.58. The van der Waals surface area contributed by atoms with E-state index in [1.54, 1.807) is 18.2 Å². The molecule has 2 aromatic rings. The van der Waals surface area contributed by atoms with Crippen molar-refractivity contribution in [3.8, 4) is 0 Å². The number of hydrogen-bond acceptors (Lipinski definition) is 4. The van der Waals surface area contributed by atoms with Crippen molar-refractivity contribution in [2.24, 2.45) is 0 Å². The lowest BCUT2D eigenvalue weighted by Gasteiger charge is -2.15. The molecule has 0 aliphatic heterocycles. The first kappa shape index (κ1) is 17.9. The van der Waals surface area contributed by atoms with E-state index in [4.69, 9.17) is 16.3 Å². The van der Waals surface area contributed by atoms with Crippen molar-refractivity contribution in [2.45, 2.75) is 18.3 Å². The second-order valence-corrected chi connectivity index (χ2v) is 6.41. The third kappa shape index (κ3) is 3.86. The summed E-state index contributed by atoms with van der Waals surface area (Å²) in [6.45, 7) is -0.476. The van der Waals surface area contributed by atoms with Crippen LogP contribution in [-0.4, -0.2) is 24.4 Å². The first-order valence-electron chi connectivity index (χ1n) is 8.09. The van der Waals surface area contributed by atoms with E-state index >= 15 is 0 Å². The van der Waals surface area contributed by atoms with Crippen LogP contribution in [-0.2, 0) is 19.7 Å². The fraction of sp³-hybridized carbons (Fsp3) is 0.211. The predicted octanol–water partition coefficient (Wildman–Crippen LogP) is 2.38. The molecule has 0 unspecified atom stereocenters. The maximum Gasteiger partial charge on any atom is 0.317 e. The standard InChI is InChI=1S/C19H17ClN2O4/c20-15-9-5-4-8-14(15)17(24)22-21-16(23)12-26-18(25)19(10-11-19)13-6-2-1-3-7-13/h1-9H,10-12H2,(H,21,23)(H,22,24). The van der Waals surface area contributed by atoms with E-state index in [-0.39, 0.29) is 10.6 Å². The Kier molecular flexibility index (Phi) is 5.23. The van der Waals surface area contributed by atoms with Gasteiger partial charge in [-0.3, -0.25) is 25.2 Å². The van der Waals surface area contributed by atoms with Crippen LogP contribution in [0.5, 0.6) is 0 Å². The molecule has 2 N–H and O–H groups in total. The molecule has 1 fully saturated rings. The molecule has 7 heteroatoms. The Labute approximate surface area is 155 Å². The van der Waals surface area contributed by atoms with Gasteiger partial charge in [0.05, 0.1) is 16.0 Å². The highest BCUT2D eigenvalue weighted by atomic mass is 35.5. The first-order valence-corrected chi connectivity index (χ1v) is 8.47. The minimum atomic E-state index is -0.650. The lowest BCUT2D eigenvalue weighted by Crippen LogP contribution is -2.44. The summed E-state index contributed by atoms with van der Waals surface area (Å²) in [6.07, 6.45) is 1.39. The topological polar surface area (TPSA) is 84.5 Å². The summed E-state index contributed by atoms with van der Waals surface area (Å²) in [5, 5.41) is 0.268. The molecule has 2 aromatic carbocycles. The summed E-state index contributed by atoms with van der Waals surface area (Å²) < 4.78 is 5.12. The fourth-order valence-electron chi connectivity index (χ4n) is 2.64. The van der Waals surface area contributed by atoms with Gasteiger partial charge in [0.1, 0.15) is 0 Å². The second-order valence-electron chi connectivity index (χ2n) is 6.01. The van der Waals surface area contributed by atoms with E-state index in [2.05, 4.69) is 10.9 Å². The SMILES string of the molecule is O=C(COC(=O)C1(c2ccccc2)CC1)NNC(=O)c1ccccc1Cl. The maximum atomic E-state index is 12.3. The number of nitrogens with one attached hydrogen (secondary N) is 2. The lowest BCUT2D eigenvalue weighted by molar-refractivity contribution is -0.151. The third-order valence-corrected chi connectivity index (χ3v) is 4.56. The van der Waals surface area contributed by atoms with Crippen LogP contribution in [0.1, 0.15) is 28.8 Å². The summed E-state index contributed by atoms with van der Waals surface area (Å²) in [6, 6.07) is 15.8. The molecule has 1 saturated carbocycles. The van der Waals surface area contributed by atoms with Gasteiger partial charge < -0.3 is 4.74 Å². The monoisotopic (exact) mass is 372 g/mol. The Morgan fingerprint density at radius 2 is 1.62 bits per heavy atom. The number of carbonyl (C=O) groups is 3. The van der Waals surface area contributed by atoms with E-state index in [1.807, 2.05) is 30.3 Å². The quantitative estimate of drug-likeness (QED) is 0.623. The number of hydrogen-bond donors (Lipinski definition) is 2.